The molecule has 2 aliphatic rings. The van der Waals surface area contributed by atoms with Crippen LogP contribution in [0.15, 0.2) is 11.6 Å². The molecule has 26 heavy (non-hydrogen) atoms. The number of amides is 4. The summed E-state index contributed by atoms with van der Waals surface area (Å²) in [6.45, 7) is 4.45. The van der Waals surface area contributed by atoms with Crippen LogP contribution in [0.3, 0.4) is 0 Å². The average molecular weight is 372 g/mol. The molecule has 2 rings (SSSR count). The van der Waals surface area contributed by atoms with Gasteiger partial charge in [0.15, 0.2) is 0 Å². The van der Waals surface area contributed by atoms with Crippen molar-refractivity contribution in [1.29, 1.82) is 0 Å². The summed E-state index contributed by atoms with van der Waals surface area (Å²) >= 11 is 0. The number of hydrogen-bond acceptors (Lipinski definition) is 6. The molecule has 2 bridgehead atoms. The molecule has 0 spiro atoms. The fourth-order valence-electron chi connectivity index (χ4n) is 2.88. The third-order valence-electron chi connectivity index (χ3n) is 3.89. The van der Waals surface area contributed by atoms with E-state index in [9.17, 15) is 23.6 Å². The lowest BCUT2D eigenvalue weighted by Gasteiger charge is -2.32. The van der Waals surface area contributed by atoms with Gasteiger partial charge in [-0.2, -0.15) is 5.06 Å². The van der Waals surface area contributed by atoms with Gasteiger partial charge in [0.1, 0.15) is 6.04 Å². The number of ether oxygens (including phenoxy) is 1. The van der Waals surface area contributed by atoms with E-state index in [1.165, 1.54) is 25.8 Å². The van der Waals surface area contributed by atoms with Gasteiger partial charge in [-0.3, -0.25) is 20.0 Å². The Labute approximate surface area is 149 Å². The normalized spacial score (nSPS) is 22.7. The Bertz CT molecular complexity index is 654. The number of fused-ring (bicyclic) bond motifs is 2. The highest BCUT2D eigenvalue weighted by molar-refractivity contribution is 5.92. The Hall–Kier alpha value is -2.69. The maximum atomic E-state index is 13.8. The number of esters is 1. The fourth-order valence-corrected chi connectivity index (χ4v) is 2.88. The lowest BCUT2D eigenvalue weighted by Crippen LogP contribution is -2.54. The monoisotopic (exact) mass is 372 g/mol. The molecule has 10 nitrogen and oxygen atoms in total. The number of carbonyl (C=O) groups excluding carboxylic acids is 4. The van der Waals surface area contributed by atoms with Crippen molar-refractivity contribution in [3.63, 3.8) is 0 Å². The zero-order valence-electron chi connectivity index (χ0n) is 14.9. The van der Waals surface area contributed by atoms with Gasteiger partial charge in [-0.15, -0.1) is 0 Å². The number of halogens is 1. The van der Waals surface area contributed by atoms with Crippen molar-refractivity contribution in [2.24, 2.45) is 0 Å². The molecular weight excluding hydrogens is 351 g/mol. The Balaban J connectivity index is 2.14. The predicted octanol–water partition coefficient (Wildman–Crippen LogP) is -0.279. The molecule has 0 aliphatic carbocycles. The number of hydrazine groups is 1. The summed E-state index contributed by atoms with van der Waals surface area (Å²) in [5.74, 6) is -2.22. The van der Waals surface area contributed by atoms with Gasteiger partial charge in [0.25, 0.3) is 5.91 Å². The second-order valence-corrected chi connectivity index (χ2v) is 5.88. The Morgan fingerprint density at radius 2 is 2.12 bits per heavy atom. The van der Waals surface area contributed by atoms with Gasteiger partial charge in [0.05, 0.1) is 19.2 Å². The van der Waals surface area contributed by atoms with E-state index in [1.807, 2.05) is 0 Å². The van der Waals surface area contributed by atoms with E-state index < -0.39 is 42.3 Å². The molecule has 2 aliphatic heterocycles. The smallest absolute Gasteiger partial charge is 0.370 e. The maximum Gasteiger partial charge on any atom is 0.370 e. The fraction of sp³-hybridized carbons (Fsp3) is 0.600. The van der Waals surface area contributed by atoms with E-state index in [4.69, 9.17) is 4.84 Å². The van der Waals surface area contributed by atoms with Crippen LogP contribution in [-0.2, 0) is 24.0 Å². The van der Waals surface area contributed by atoms with Crippen LogP contribution in [0.25, 0.3) is 0 Å². The molecule has 0 saturated carbocycles. The number of rotatable bonds is 5. The molecule has 0 aromatic rings. The van der Waals surface area contributed by atoms with Crippen molar-refractivity contribution in [2.45, 2.75) is 39.2 Å². The van der Waals surface area contributed by atoms with Crippen LogP contribution in [0.5, 0.6) is 0 Å². The van der Waals surface area contributed by atoms with E-state index in [-0.39, 0.29) is 13.2 Å². The molecule has 4 amide bonds. The lowest BCUT2D eigenvalue weighted by atomic mass is 10.00. The second kappa shape index (κ2) is 7.68. The number of likely N-dealkylation sites (N-methyl/N-ethyl adjacent to an activating group) is 1. The summed E-state index contributed by atoms with van der Waals surface area (Å²) in [7, 11) is 1.36. The Kier molecular flexibility index (Phi) is 5.80. The number of urea groups is 1. The molecule has 11 heteroatoms. The number of alkyl halides is 1. The number of hydrogen-bond donors (Lipinski definition) is 1. The molecule has 1 fully saturated rings. The first kappa shape index (κ1) is 19.6. The minimum atomic E-state index is -2.45. The van der Waals surface area contributed by atoms with Gasteiger partial charge in [-0.25, -0.2) is 18.8 Å². The molecule has 144 valence electrons. The predicted molar refractivity (Wildman–Crippen MR) is 84.5 cm³/mol. The topological polar surface area (TPSA) is 108 Å². The number of nitrogens with zero attached hydrogens (tertiary/aromatic N) is 3. The molecule has 0 unspecified atom stereocenters. The van der Waals surface area contributed by atoms with Crippen LogP contribution in [0, 0.1) is 0 Å². The first-order valence-electron chi connectivity index (χ1n) is 7.97. The molecule has 0 radical (unpaired) electrons. The standard InChI is InChI=1S/C15H21FN4O6/c1-5-25-14(23)12(16)26-20-10-6-8(2)11(19(7-10)15(20)24)13(22)18(4)17-9(3)21/h6,10-12H,5,7H2,1-4H3,(H,17,21)/t10-,11+,12-/m1/s1. The number of hydroxylamine groups is 2. The van der Waals surface area contributed by atoms with Crippen LogP contribution in [0.2, 0.25) is 0 Å². The highest BCUT2D eigenvalue weighted by Crippen LogP contribution is 2.30. The van der Waals surface area contributed by atoms with Gasteiger partial charge >= 0.3 is 18.4 Å². The van der Waals surface area contributed by atoms with E-state index in [1.54, 1.807) is 13.0 Å². The molecular formula is C15H21FN4O6. The van der Waals surface area contributed by atoms with Crippen molar-refractivity contribution in [1.82, 2.24) is 20.4 Å². The third-order valence-corrected chi connectivity index (χ3v) is 3.89. The zero-order valence-corrected chi connectivity index (χ0v) is 14.9. The van der Waals surface area contributed by atoms with E-state index in [0.29, 0.717) is 5.57 Å². The van der Waals surface area contributed by atoms with Crippen LogP contribution in [0.4, 0.5) is 9.18 Å². The zero-order chi connectivity index (χ0) is 19.6. The molecule has 3 atom stereocenters. The van der Waals surface area contributed by atoms with E-state index in [2.05, 4.69) is 10.2 Å². The second-order valence-electron chi connectivity index (χ2n) is 5.88. The lowest BCUT2D eigenvalue weighted by molar-refractivity contribution is -0.223. The summed E-state index contributed by atoms with van der Waals surface area (Å²) < 4.78 is 18.3. The minimum absolute atomic E-state index is 0.0306. The van der Waals surface area contributed by atoms with Crippen molar-refractivity contribution in [2.75, 3.05) is 20.2 Å². The van der Waals surface area contributed by atoms with Gasteiger partial charge in [-0.05, 0) is 19.4 Å². The molecule has 1 saturated heterocycles. The van der Waals surface area contributed by atoms with Crippen molar-refractivity contribution >= 4 is 23.8 Å². The van der Waals surface area contributed by atoms with Crippen LogP contribution >= 0.6 is 0 Å². The number of carbonyl (C=O) groups is 4. The minimum Gasteiger partial charge on any atom is -0.462 e. The third kappa shape index (κ3) is 3.77. The summed E-state index contributed by atoms with van der Waals surface area (Å²) in [6, 6.07) is -2.38. The molecule has 2 heterocycles. The number of nitrogens with one attached hydrogen (secondary N) is 1. The van der Waals surface area contributed by atoms with Gasteiger partial charge in [0, 0.05) is 14.0 Å². The van der Waals surface area contributed by atoms with Crippen molar-refractivity contribution in [3.05, 3.63) is 11.6 Å². The Morgan fingerprint density at radius 1 is 1.46 bits per heavy atom. The first-order valence-corrected chi connectivity index (χ1v) is 7.97. The summed E-state index contributed by atoms with van der Waals surface area (Å²) in [4.78, 5) is 53.6. The molecule has 0 aromatic carbocycles. The van der Waals surface area contributed by atoms with E-state index >= 15 is 0 Å². The summed E-state index contributed by atoms with van der Waals surface area (Å²) in [5, 5.41) is 1.70. The van der Waals surface area contributed by atoms with Gasteiger partial charge in [0.2, 0.25) is 5.91 Å². The van der Waals surface area contributed by atoms with E-state index in [0.717, 1.165) is 10.1 Å². The highest BCUT2D eigenvalue weighted by Gasteiger charge is 2.49. The SMILES string of the molecule is CCOC(=O)[C@H](F)ON1C(=O)N2C[C@H]1C=C(C)[C@H]2C(=O)N(C)NC(C)=O. The molecule has 0 aromatic heterocycles. The van der Waals surface area contributed by atoms with Gasteiger partial charge in [-0.1, -0.05) is 6.08 Å². The van der Waals surface area contributed by atoms with Crippen molar-refractivity contribution < 1.29 is 33.1 Å². The summed E-state index contributed by atoms with van der Waals surface area (Å²) in [6.07, 6.45) is -0.868. The van der Waals surface area contributed by atoms with Crippen LogP contribution in [-0.4, -0.2) is 77.4 Å². The van der Waals surface area contributed by atoms with Crippen LogP contribution < -0.4 is 5.43 Å². The highest BCUT2D eigenvalue weighted by atomic mass is 19.1. The maximum absolute atomic E-state index is 13.8. The first-order chi connectivity index (χ1) is 12.2. The quantitative estimate of drug-likeness (QED) is 0.404. The Morgan fingerprint density at radius 3 is 2.69 bits per heavy atom. The van der Waals surface area contributed by atoms with Gasteiger partial charge < -0.3 is 9.64 Å². The average Bonchev–Trinajstić information content (AvgIpc) is 2.79. The molecule has 1 N–H and O–H groups in total. The summed E-state index contributed by atoms with van der Waals surface area (Å²) in [5.41, 5.74) is 2.86. The largest absolute Gasteiger partial charge is 0.462 e. The van der Waals surface area contributed by atoms with Crippen LogP contribution in [0.1, 0.15) is 20.8 Å². The van der Waals surface area contributed by atoms with Crippen molar-refractivity contribution in [3.8, 4) is 0 Å².